The number of para-hydroxylation sites is 1. The van der Waals surface area contributed by atoms with E-state index in [1.807, 2.05) is 0 Å². The van der Waals surface area contributed by atoms with Gasteiger partial charge in [0.15, 0.2) is 0 Å². The van der Waals surface area contributed by atoms with E-state index in [1.165, 1.54) is 6.07 Å². The van der Waals surface area contributed by atoms with Crippen LogP contribution in [-0.2, 0) is 11.0 Å². The first kappa shape index (κ1) is 18.0. The van der Waals surface area contributed by atoms with E-state index < -0.39 is 23.6 Å². The quantitative estimate of drug-likeness (QED) is 0.818. The molecular formula is C16H12BrF3N2O2. The van der Waals surface area contributed by atoms with E-state index in [0.717, 1.165) is 18.2 Å². The van der Waals surface area contributed by atoms with Gasteiger partial charge in [0.25, 0.3) is 5.91 Å². The number of rotatable bonds is 4. The van der Waals surface area contributed by atoms with Crippen molar-refractivity contribution in [2.24, 2.45) is 0 Å². The lowest BCUT2D eigenvalue weighted by molar-refractivity contribution is -0.137. The third-order valence-corrected chi connectivity index (χ3v) is 3.70. The first-order valence-electron chi connectivity index (χ1n) is 6.77. The van der Waals surface area contributed by atoms with Gasteiger partial charge in [0, 0.05) is 10.0 Å². The molecule has 0 aliphatic carbocycles. The number of hydrogen-bond acceptors (Lipinski definition) is 2. The second kappa shape index (κ2) is 7.48. The van der Waals surface area contributed by atoms with E-state index in [9.17, 15) is 22.8 Å². The molecule has 0 atom stereocenters. The molecule has 2 N–H and O–H groups in total. The van der Waals surface area contributed by atoms with Crippen molar-refractivity contribution in [2.75, 3.05) is 11.9 Å². The summed E-state index contributed by atoms with van der Waals surface area (Å²) in [6.45, 7) is -0.365. The molecule has 0 bridgehead atoms. The Balaban J connectivity index is 1.96. The number of alkyl halides is 3. The molecule has 0 saturated carbocycles. The van der Waals surface area contributed by atoms with Gasteiger partial charge in [-0.15, -0.1) is 0 Å². The first-order chi connectivity index (χ1) is 11.3. The van der Waals surface area contributed by atoms with Gasteiger partial charge in [0.1, 0.15) is 0 Å². The number of amides is 2. The lowest BCUT2D eigenvalue weighted by atomic mass is 10.1. The molecule has 126 valence electrons. The maximum atomic E-state index is 12.6. The minimum absolute atomic E-state index is 0.168. The highest BCUT2D eigenvalue weighted by molar-refractivity contribution is 9.10. The molecule has 0 heterocycles. The van der Waals surface area contributed by atoms with E-state index in [2.05, 4.69) is 26.6 Å². The fraction of sp³-hybridized carbons (Fsp3) is 0.125. The number of halogens is 4. The highest BCUT2D eigenvalue weighted by atomic mass is 79.9. The van der Waals surface area contributed by atoms with Gasteiger partial charge in [-0.1, -0.05) is 18.2 Å². The minimum atomic E-state index is -4.53. The largest absolute Gasteiger partial charge is 0.416 e. The van der Waals surface area contributed by atoms with Gasteiger partial charge in [0.05, 0.1) is 17.8 Å². The molecule has 2 rings (SSSR count). The summed E-state index contributed by atoms with van der Waals surface area (Å²) >= 11 is 3.26. The van der Waals surface area contributed by atoms with Crippen LogP contribution in [-0.4, -0.2) is 18.4 Å². The van der Waals surface area contributed by atoms with Gasteiger partial charge in [0.2, 0.25) is 5.91 Å². The van der Waals surface area contributed by atoms with E-state index >= 15 is 0 Å². The number of anilines is 1. The molecule has 0 unspecified atom stereocenters. The molecule has 0 radical (unpaired) electrons. The Kier molecular flexibility index (Phi) is 5.61. The molecule has 4 nitrogen and oxygen atoms in total. The standard InChI is InChI=1S/C16H12BrF3N2O2/c17-12-6-1-2-7-13(12)22-14(23)9-21-15(24)10-4-3-5-11(8-10)16(18,19)20/h1-8H,9H2,(H,21,24)(H,22,23). The molecule has 24 heavy (non-hydrogen) atoms. The van der Waals surface area contributed by atoms with Crippen molar-refractivity contribution < 1.29 is 22.8 Å². The van der Waals surface area contributed by atoms with Crippen LogP contribution in [0.3, 0.4) is 0 Å². The zero-order chi connectivity index (χ0) is 17.7. The van der Waals surface area contributed by atoms with E-state index in [4.69, 9.17) is 0 Å². The van der Waals surface area contributed by atoms with Gasteiger partial charge in [-0.2, -0.15) is 13.2 Å². The molecule has 0 aliphatic rings. The Morgan fingerprint density at radius 3 is 2.42 bits per heavy atom. The zero-order valence-electron chi connectivity index (χ0n) is 12.2. The van der Waals surface area contributed by atoms with Crippen LogP contribution in [0.4, 0.5) is 18.9 Å². The Morgan fingerprint density at radius 1 is 1.04 bits per heavy atom. The van der Waals surface area contributed by atoms with Crippen molar-refractivity contribution >= 4 is 33.4 Å². The van der Waals surface area contributed by atoms with Crippen molar-refractivity contribution in [1.82, 2.24) is 5.32 Å². The number of hydrogen-bond donors (Lipinski definition) is 2. The Bertz CT molecular complexity index is 763. The topological polar surface area (TPSA) is 58.2 Å². The SMILES string of the molecule is O=C(CNC(=O)c1cccc(C(F)(F)F)c1)Nc1ccccc1Br. The molecule has 0 saturated heterocycles. The number of nitrogens with one attached hydrogen (secondary N) is 2. The minimum Gasteiger partial charge on any atom is -0.343 e. The van der Waals surface area contributed by atoms with Crippen LogP contribution in [0.2, 0.25) is 0 Å². The molecule has 2 amide bonds. The maximum absolute atomic E-state index is 12.6. The Labute approximate surface area is 144 Å². The highest BCUT2D eigenvalue weighted by Crippen LogP contribution is 2.29. The summed E-state index contributed by atoms with van der Waals surface area (Å²) < 4.78 is 38.5. The molecule has 2 aromatic carbocycles. The van der Waals surface area contributed by atoms with E-state index in [0.29, 0.717) is 10.2 Å². The normalized spacial score (nSPS) is 11.0. The molecule has 0 aromatic heterocycles. The number of benzene rings is 2. The summed E-state index contributed by atoms with van der Waals surface area (Å²) in [6.07, 6.45) is -4.53. The summed E-state index contributed by atoms with van der Waals surface area (Å²) in [7, 11) is 0. The molecule has 8 heteroatoms. The van der Waals surface area contributed by atoms with Crippen LogP contribution in [0.15, 0.2) is 53.0 Å². The van der Waals surface area contributed by atoms with Crippen LogP contribution >= 0.6 is 15.9 Å². The van der Waals surface area contributed by atoms with Crippen molar-refractivity contribution in [3.63, 3.8) is 0 Å². The lowest BCUT2D eigenvalue weighted by Gasteiger charge is -2.10. The Hall–Kier alpha value is -2.35. The average Bonchev–Trinajstić information content (AvgIpc) is 2.54. The van der Waals surface area contributed by atoms with Crippen molar-refractivity contribution in [3.05, 3.63) is 64.1 Å². The summed E-state index contributed by atoms with van der Waals surface area (Å²) in [4.78, 5) is 23.7. The molecule has 0 aliphatic heterocycles. The van der Waals surface area contributed by atoms with Gasteiger partial charge < -0.3 is 10.6 Å². The predicted molar refractivity (Wildman–Crippen MR) is 86.5 cm³/mol. The summed E-state index contributed by atoms with van der Waals surface area (Å²) in [6, 6.07) is 10.9. The second-order valence-corrected chi connectivity index (χ2v) is 5.64. The van der Waals surface area contributed by atoms with Crippen LogP contribution in [0, 0.1) is 0 Å². The molecule has 0 fully saturated rings. The molecule has 2 aromatic rings. The van der Waals surface area contributed by atoms with Crippen LogP contribution in [0.1, 0.15) is 15.9 Å². The van der Waals surface area contributed by atoms with Crippen LogP contribution in [0.25, 0.3) is 0 Å². The first-order valence-corrected chi connectivity index (χ1v) is 7.56. The molecule has 0 spiro atoms. The fourth-order valence-corrected chi connectivity index (χ4v) is 2.24. The fourth-order valence-electron chi connectivity index (χ4n) is 1.86. The van der Waals surface area contributed by atoms with Gasteiger partial charge in [-0.25, -0.2) is 0 Å². The molecular weight excluding hydrogens is 389 g/mol. The summed E-state index contributed by atoms with van der Waals surface area (Å²) in [5.41, 5.74) is -0.567. The summed E-state index contributed by atoms with van der Waals surface area (Å²) in [5.74, 6) is -1.26. The van der Waals surface area contributed by atoms with Crippen molar-refractivity contribution in [1.29, 1.82) is 0 Å². The van der Waals surface area contributed by atoms with Crippen molar-refractivity contribution in [3.8, 4) is 0 Å². The lowest BCUT2D eigenvalue weighted by Crippen LogP contribution is -2.33. The van der Waals surface area contributed by atoms with Gasteiger partial charge in [-0.3, -0.25) is 9.59 Å². The predicted octanol–water partition coefficient (Wildman–Crippen LogP) is 3.84. The smallest absolute Gasteiger partial charge is 0.343 e. The zero-order valence-corrected chi connectivity index (χ0v) is 13.7. The van der Waals surface area contributed by atoms with E-state index in [1.54, 1.807) is 24.3 Å². The van der Waals surface area contributed by atoms with Crippen LogP contribution in [0.5, 0.6) is 0 Å². The summed E-state index contributed by atoms with van der Waals surface area (Å²) in [5, 5.41) is 4.86. The van der Waals surface area contributed by atoms with Gasteiger partial charge in [-0.05, 0) is 46.3 Å². The highest BCUT2D eigenvalue weighted by Gasteiger charge is 2.30. The maximum Gasteiger partial charge on any atom is 0.416 e. The number of carbonyl (C=O) groups excluding carboxylic acids is 2. The average molecular weight is 401 g/mol. The van der Waals surface area contributed by atoms with Crippen molar-refractivity contribution in [2.45, 2.75) is 6.18 Å². The monoisotopic (exact) mass is 400 g/mol. The Morgan fingerprint density at radius 2 is 1.75 bits per heavy atom. The van der Waals surface area contributed by atoms with Crippen LogP contribution < -0.4 is 10.6 Å². The van der Waals surface area contributed by atoms with Gasteiger partial charge >= 0.3 is 6.18 Å². The number of carbonyl (C=O) groups is 2. The second-order valence-electron chi connectivity index (χ2n) is 4.79. The third kappa shape index (κ3) is 4.82. The van der Waals surface area contributed by atoms with E-state index in [-0.39, 0.29) is 12.1 Å². The third-order valence-electron chi connectivity index (χ3n) is 3.01.